The van der Waals surface area contributed by atoms with Crippen LogP contribution in [-0.2, 0) is 45.3 Å². The lowest BCUT2D eigenvalue weighted by Gasteiger charge is -2.48. The number of rotatable bonds is 12. The Kier molecular flexibility index (Phi) is 17.2. The first-order chi connectivity index (χ1) is 30.0. The van der Waals surface area contributed by atoms with Gasteiger partial charge < -0.3 is 48.0 Å². The number of aliphatic hydroxyl groups excluding tert-OH is 5. The summed E-state index contributed by atoms with van der Waals surface area (Å²) in [6, 6.07) is 19.2. The Morgan fingerprint density at radius 1 is 0.651 bits per heavy atom. The summed E-state index contributed by atoms with van der Waals surface area (Å²) in [6.45, 7) is 33.3. The zero-order valence-electron chi connectivity index (χ0n) is 37.7. The van der Waals surface area contributed by atoms with E-state index in [0.29, 0.717) is 5.70 Å². The predicted octanol–water partition coefficient (Wildman–Crippen LogP) is 5.40. The van der Waals surface area contributed by atoms with Gasteiger partial charge >= 0.3 is 17.1 Å². The molecule has 9 rings (SSSR count). The molecule has 3 fully saturated rings. The predicted molar refractivity (Wildman–Crippen MR) is 237 cm³/mol. The summed E-state index contributed by atoms with van der Waals surface area (Å²) in [4.78, 5) is 18.9. The van der Waals surface area contributed by atoms with E-state index in [0.717, 1.165) is 18.2 Å². The Labute approximate surface area is 373 Å². The van der Waals surface area contributed by atoms with Crippen LogP contribution in [0, 0.1) is 13.1 Å². The second-order valence-corrected chi connectivity index (χ2v) is 26.6. The molecule has 7 aliphatic rings. The van der Waals surface area contributed by atoms with E-state index in [1.165, 1.54) is 6.08 Å². The van der Waals surface area contributed by atoms with Gasteiger partial charge in [0.15, 0.2) is 24.0 Å². The maximum Gasteiger partial charge on any atom is 0.335 e. The van der Waals surface area contributed by atoms with Crippen LogP contribution in [0.1, 0.15) is 79.4 Å². The largest absolute Gasteiger partial charge is 0.414 e. The van der Waals surface area contributed by atoms with E-state index in [1.54, 1.807) is 6.08 Å². The minimum absolute atomic E-state index is 0.0929. The van der Waals surface area contributed by atoms with Gasteiger partial charge in [-0.15, -0.1) is 0 Å². The highest BCUT2D eigenvalue weighted by Crippen LogP contribution is 2.53. The van der Waals surface area contributed by atoms with Crippen LogP contribution in [0.5, 0.6) is 0 Å². The molecule has 18 heteroatoms. The van der Waals surface area contributed by atoms with Crippen LogP contribution < -0.4 is 11.0 Å². The van der Waals surface area contributed by atoms with Crippen molar-refractivity contribution < 1.29 is 57.6 Å². The van der Waals surface area contributed by atoms with Crippen LogP contribution in [0.15, 0.2) is 84.2 Å². The number of ether oxygens (including phenoxy) is 2. The molecule has 0 amide bonds. The van der Waals surface area contributed by atoms with E-state index in [-0.39, 0.29) is 53.9 Å². The molecule has 10 atom stereocenters. The molecule has 2 aliphatic carbocycles. The van der Waals surface area contributed by atoms with E-state index >= 15 is 0 Å². The van der Waals surface area contributed by atoms with Crippen molar-refractivity contribution in [3.05, 3.63) is 118 Å². The summed E-state index contributed by atoms with van der Waals surface area (Å²) in [5, 5.41) is 48.5. The Morgan fingerprint density at radius 3 is 1.54 bits per heavy atom. The number of hydrogen-bond acceptors (Lipinski definition) is 14. The summed E-state index contributed by atoms with van der Waals surface area (Å²) in [6.07, 6.45) is -4.52. The lowest BCUT2D eigenvalue weighted by Crippen LogP contribution is -2.66. The Bertz CT molecular complexity index is 1930. The molecule has 16 nitrogen and oxygen atoms in total. The number of hydrogen-bond donors (Lipinski definition) is 7. The molecule has 0 saturated carbocycles. The number of hydroxylamine groups is 2. The molecular formula is C45H66N4O12Si2. The van der Waals surface area contributed by atoms with Crippen molar-refractivity contribution in [1.29, 1.82) is 0 Å². The van der Waals surface area contributed by atoms with E-state index in [9.17, 15) is 20.4 Å². The molecule has 2 aromatic rings. The van der Waals surface area contributed by atoms with Gasteiger partial charge in [0.2, 0.25) is 0 Å². The molecule has 4 bridgehead atoms. The Morgan fingerprint density at radius 2 is 1.06 bits per heavy atom. The number of aliphatic hydroxyl groups is 5. The molecule has 0 aromatic heterocycles. The van der Waals surface area contributed by atoms with Gasteiger partial charge in [-0.3, -0.25) is 9.68 Å². The van der Waals surface area contributed by atoms with E-state index in [2.05, 4.69) is 76.0 Å². The van der Waals surface area contributed by atoms with Crippen LogP contribution in [-0.4, -0.2) is 110 Å². The highest BCUT2D eigenvalue weighted by Gasteiger charge is 2.68. The van der Waals surface area contributed by atoms with Gasteiger partial charge in [0.25, 0.3) is 0 Å². The molecule has 5 heterocycles. The summed E-state index contributed by atoms with van der Waals surface area (Å²) in [7, 11) is -4.85. The number of benzene rings is 2. The fourth-order valence-electron chi connectivity index (χ4n) is 9.29. The van der Waals surface area contributed by atoms with Crippen molar-refractivity contribution in [3.63, 3.8) is 0 Å². The quantitative estimate of drug-likeness (QED) is 0.0813. The second-order valence-electron chi connectivity index (χ2n) is 17.8. The third-order valence-corrected chi connectivity index (χ3v) is 22.8. The molecule has 3 saturated heterocycles. The molecule has 2 aromatic carbocycles. The normalized spacial score (nSPS) is 32.7. The van der Waals surface area contributed by atoms with Crippen molar-refractivity contribution in [2.75, 3.05) is 7.11 Å². The first-order valence-corrected chi connectivity index (χ1v) is 25.5. The Balaban J connectivity index is 0.000000255. The summed E-state index contributed by atoms with van der Waals surface area (Å²) in [5.74, 6) is 0. The summed E-state index contributed by atoms with van der Waals surface area (Å²) >= 11 is 0. The second kappa shape index (κ2) is 21.4. The van der Waals surface area contributed by atoms with Gasteiger partial charge in [0.1, 0.15) is 23.3 Å². The van der Waals surface area contributed by atoms with Crippen molar-refractivity contribution in [2.45, 2.75) is 164 Å². The average molecular weight is 911 g/mol. The van der Waals surface area contributed by atoms with Crippen molar-refractivity contribution in [1.82, 2.24) is 11.0 Å². The lowest BCUT2D eigenvalue weighted by molar-refractivity contribution is -0.144. The number of nitrogens with one attached hydrogen (secondary N) is 2. The van der Waals surface area contributed by atoms with Gasteiger partial charge in [0.05, 0.1) is 50.8 Å². The third-order valence-electron chi connectivity index (χ3n) is 12.5. The lowest BCUT2D eigenvalue weighted by atomic mass is 9.78. The highest BCUT2D eigenvalue weighted by molar-refractivity contribution is 6.84. The van der Waals surface area contributed by atoms with E-state index < -0.39 is 77.4 Å². The average Bonchev–Trinajstić information content (AvgIpc) is 3.68. The van der Waals surface area contributed by atoms with Crippen LogP contribution in [0.4, 0.5) is 0 Å². The summed E-state index contributed by atoms with van der Waals surface area (Å²) in [5.41, 5.74) is 6.36. The first-order valence-electron chi connectivity index (χ1n) is 21.6. The van der Waals surface area contributed by atoms with Gasteiger partial charge in [-0.1, -0.05) is 116 Å². The van der Waals surface area contributed by atoms with Crippen molar-refractivity contribution in [3.8, 4) is 0 Å². The molecule has 7 N–H and O–H groups in total. The smallest absolute Gasteiger partial charge is 0.335 e. The topological polar surface area (TPSA) is 199 Å². The van der Waals surface area contributed by atoms with Crippen LogP contribution in [0.3, 0.4) is 0 Å². The fourth-order valence-corrected chi connectivity index (χ4v) is 20.6. The number of nitrogens with zero attached hydrogens (tertiary/aromatic N) is 2. The minimum Gasteiger partial charge on any atom is -0.414 e. The molecule has 0 spiro atoms. The zero-order chi connectivity index (χ0) is 46.3. The van der Waals surface area contributed by atoms with E-state index in [4.69, 9.17) is 50.4 Å². The third kappa shape index (κ3) is 10.1. The van der Waals surface area contributed by atoms with Crippen molar-refractivity contribution in [2.24, 2.45) is 0 Å². The molecular weight excluding hydrogens is 845 g/mol. The monoisotopic (exact) mass is 910 g/mol. The molecule has 4 unspecified atom stereocenters. The minimum atomic E-state index is -2.96. The fraction of sp³-hybridized carbons (Fsp3) is 0.600. The van der Waals surface area contributed by atoms with E-state index in [1.807, 2.05) is 60.7 Å². The van der Waals surface area contributed by atoms with Crippen LogP contribution in [0.25, 0.3) is 9.69 Å². The van der Waals surface area contributed by atoms with Crippen molar-refractivity contribution >= 4 is 17.1 Å². The molecule has 0 radical (unpaired) electrons. The van der Waals surface area contributed by atoms with Gasteiger partial charge in [0, 0.05) is 20.0 Å². The standard InChI is InChI=1S/C28H44N2O6Si2.C16H18N2O5.CH4O/c1-18(2)37(19(3)4)34-26-23-15-24(29-9)28(16-25(31)33-23,30-32-17-22-13-11-10-12-14-22)27(26)35-38(36-37,20(5)6)21(7)8;1-17-12-7-11-14(20)15(21)16(12,8-13(19)23-11)18-22-9-10-5-3-2-4-6-10;1-2/h10-15,18-21,23,25-27,30-31H,16-17H2,1-8H3;2-7,11,13-15,18-21H,8-9H2;2H,1H3/t23?,25-,26-,27?,28-;11?,13-,14-,15?,16-;/m11./s1. The van der Waals surface area contributed by atoms with Gasteiger partial charge in [-0.2, -0.15) is 11.0 Å². The zero-order valence-corrected chi connectivity index (χ0v) is 39.7. The van der Waals surface area contributed by atoms with Gasteiger partial charge in [-0.25, -0.2) is 9.69 Å². The highest BCUT2D eigenvalue weighted by atomic mass is 28.5. The maximum absolute atomic E-state index is 11.0. The van der Waals surface area contributed by atoms with Gasteiger partial charge in [-0.05, 0) is 45.4 Å². The first kappa shape index (κ1) is 50.8. The molecule has 346 valence electrons. The van der Waals surface area contributed by atoms with Crippen LogP contribution in [0.2, 0.25) is 22.2 Å². The number of fused-ring (bicyclic) bond motifs is 5. The summed E-state index contributed by atoms with van der Waals surface area (Å²) < 4.78 is 33.2. The van der Waals surface area contributed by atoms with Crippen LogP contribution >= 0.6 is 0 Å². The molecule has 63 heavy (non-hydrogen) atoms. The SMILES string of the molecule is CO.[C-]#[N+]C1=CC2O[C@@H](O)C[C@]1(NOCc1ccccc1)C(O)[C@@H]2O.[C-]#[N+]C1=CC2O[C@@H](O)C[C@]1(NOCc1ccccc1)C1O[Si](C(C)C)(C(C)C)O[Si](C(C)C)(C(C)C)O[C@H]21. The Hall–Kier alpha value is -3.23. The molecule has 5 aliphatic heterocycles. The maximum atomic E-state index is 11.0.